The Hall–Kier alpha value is -5.06. The molecule has 10 nitrogen and oxygen atoms in total. The number of amides is 2. The van der Waals surface area contributed by atoms with Crippen LogP contribution in [-0.4, -0.2) is 97.2 Å². The van der Waals surface area contributed by atoms with Crippen LogP contribution in [0, 0.1) is 0 Å². The smallest absolute Gasteiger partial charge is 0.245 e. The van der Waals surface area contributed by atoms with Crippen LogP contribution in [0.5, 0.6) is 0 Å². The summed E-state index contributed by atoms with van der Waals surface area (Å²) in [6.07, 6.45) is 15.6. The fourth-order valence-electron chi connectivity index (χ4n) is 9.71. The number of rotatable bonds is 11. The number of likely N-dealkylation sites (tertiary alicyclic amines) is 4. The molecular weight excluding hydrogens is 709 g/mol. The maximum absolute atomic E-state index is 14.4. The van der Waals surface area contributed by atoms with E-state index in [0.29, 0.717) is 6.42 Å². The van der Waals surface area contributed by atoms with Gasteiger partial charge in [0.25, 0.3) is 0 Å². The van der Waals surface area contributed by atoms with Crippen molar-refractivity contribution < 1.29 is 9.59 Å². The zero-order valence-electron chi connectivity index (χ0n) is 33.1. The van der Waals surface area contributed by atoms with Gasteiger partial charge in [-0.25, -0.2) is 9.97 Å². The van der Waals surface area contributed by atoms with Crippen molar-refractivity contribution in [2.75, 3.05) is 45.8 Å². The molecule has 2 amide bonds. The Morgan fingerprint density at radius 3 is 1.67 bits per heavy atom. The average Bonchev–Trinajstić information content (AvgIpc) is 4.12. The van der Waals surface area contributed by atoms with Gasteiger partial charge in [0.15, 0.2) is 0 Å². The van der Waals surface area contributed by atoms with E-state index in [-0.39, 0.29) is 29.9 Å². The van der Waals surface area contributed by atoms with Crippen molar-refractivity contribution in [2.24, 2.45) is 0 Å². The largest absolute Gasteiger partial charge is 0.340 e. The highest BCUT2D eigenvalue weighted by atomic mass is 16.2. The number of nitrogens with one attached hydrogen (secondary N) is 2. The second-order valence-electron chi connectivity index (χ2n) is 16.5. The van der Waals surface area contributed by atoms with Crippen molar-refractivity contribution in [2.45, 2.75) is 88.8 Å². The summed E-state index contributed by atoms with van der Waals surface area (Å²) in [7, 11) is 0. The second kappa shape index (κ2) is 17.2. The third kappa shape index (κ3) is 8.21. The van der Waals surface area contributed by atoms with Crippen molar-refractivity contribution >= 4 is 11.8 Å². The fraction of sp³-hybridized carbons (Fsp3) is 0.447. The first-order chi connectivity index (χ1) is 28.1. The van der Waals surface area contributed by atoms with Gasteiger partial charge in [-0.1, -0.05) is 91.7 Å². The lowest BCUT2D eigenvalue weighted by Crippen LogP contribution is -2.44. The van der Waals surface area contributed by atoms with Gasteiger partial charge in [-0.2, -0.15) is 0 Å². The van der Waals surface area contributed by atoms with Crippen LogP contribution in [0.15, 0.2) is 91.3 Å². The van der Waals surface area contributed by atoms with E-state index in [4.69, 9.17) is 9.97 Å². The highest BCUT2D eigenvalue weighted by molar-refractivity contribution is 5.84. The monoisotopic (exact) mass is 764 g/mol. The maximum atomic E-state index is 14.4. The Labute approximate surface area is 336 Å². The molecule has 2 aromatic heterocycles. The van der Waals surface area contributed by atoms with E-state index in [0.717, 1.165) is 135 Å². The van der Waals surface area contributed by atoms with Crippen LogP contribution in [0.25, 0.3) is 33.6 Å². The molecule has 57 heavy (non-hydrogen) atoms. The molecular formula is C47H56N8O2. The van der Waals surface area contributed by atoms with Gasteiger partial charge in [0.05, 0.1) is 35.9 Å². The Bertz CT molecular complexity index is 2100. The predicted molar refractivity (Wildman–Crippen MR) is 224 cm³/mol. The maximum Gasteiger partial charge on any atom is 0.245 e. The molecule has 9 rings (SSSR count). The molecule has 4 aliphatic heterocycles. The van der Waals surface area contributed by atoms with E-state index in [1.54, 1.807) is 0 Å². The van der Waals surface area contributed by atoms with Crippen LogP contribution in [0.2, 0.25) is 0 Å². The summed E-state index contributed by atoms with van der Waals surface area (Å²) < 4.78 is 0. The van der Waals surface area contributed by atoms with Gasteiger partial charge in [0.1, 0.15) is 17.7 Å². The molecule has 0 radical (unpaired) electrons. The van der Waals surface area contributed by atoms with Crippen LogP contribution in [-0.2, 0) is 9.59 Å². The third-order valence-electron chi connectivity index (χ3n) is 12.9. The van der Waals surface area contributed by atoms with Crippen molar-refractivity contribution in [3.8, 4) is 33.6 Å². The Balaban J connectivity index is 0.838. The molecule has 6 heterocycles. The predicted octanol–water partition coefficient (Wildman–Crippen LogP) is 8.56. The van der Waals surface area contributed by atoms with Crippen LogP contribution in [0.4, 0.5) is 0 Å². The minimum absolute atomic E-state index is 0.0207. The summed E-state index contributed by atoms with van der Waals surface area (Å²) in [6.45, 7) is 6.59. The molecule has 0 spiro atoms. The van der Waals surface area contributed by atoms with Gasteiger partial charge < -0.3 is 24.7 Å². The number of nitrogens with zero attached hydrogens (tertiary/aromatic N) is 6. The average molecular weight is 765 g/mol. The molecule has 0 bridgehead atoms. The van der Waals surface area contributed by atoms with Crippen LogP contribution >= 0.6 is 0 Å². The first-order valence-corrected chi connectivity index (χ1v) is 21.5. The molecule has 3 aromatic carbocycles. The Kier molecular flexibility index (Phi) is 11.3. The number of H-pyrrole nitrogens is 2. The Morgan fingerprint density at radius 2 is 1.09 bits per heavy atom. The van der Waals surface area contributed by atoms with Gasteiger partial charge in [0.2, 0.25) is 11.8 Å². The van der Waals surface area contributed by atoms with Gasteiger partial charge in [-0.05, 0) is 105 Å². The number of piperidine rings is 2. The first-order valence-electron chi connectivity index (χ1n) is 21.5. The van der Waals surface area contributed by atoms with Crippen LogP contribution in [0.3, 0.4) is 0 Å². The summed E-state index contributed by atoms with van der Waals surface area (Å²) in [5, 5.41) is 0. The minimum Gasteiger partial charge on any atom is -0.340 e. The molecule has 4 saturated heterocycles. The van der Waals surface area contributed by atoms with Crippen molar-refractivity contribution in [1.29, 1.82) is 0 Å². The number of benzene rings is 3. The Morgan fingerprint density at radius 1 is 0.579 bits per heavy atom. The van der Waals surface area contributed by atoms with Crippen LogP contribution < -0.4 is 0 Å². The molecule has 0 aliphatic carbocycles. The molecule has 4 fully saturated rings. The zero-order chi connectivity index (χ0) is 38.6. The molecule has 296 valence electrons. The number of hydrogen-bond acceptors (Lipinski definition) is 6. The van der Waals surface area contributed by atoms with E-state index in [1.807, 2.05) is 35.5 Å². The number of imidazole rings is 2. The SMILES string of the molecule is O=C(CCN1CCCCC1)N1CCC[C@H]1c1ncc(-c2ccc(-c3ccc(-c4cnc([C@@H]5CCCN5C(=O)[C@@H](c5ccccc5)N5CCCCC5)[nH]4)cc3)cc2)[nH]1. The summed E-state index contributed by atoms with van der Waals surface area (Å²) in [6, 6.07) is 27.2. The van der Waals surface area contributed by atoms with Gasteiger partial charge >= 0.3 is 0 Å². The standard InChI is InChI=1S/C47H56N8O2/c56-43(24-31-52-25-6-2-7-26-52)54-29-10-14-41(54)45-48-32-39(50-45)36-20-16-34(17-21-36)35-18-22-37(23-19-35)40-33-49-46(51-40)42-15-11-30-55(42)47(57)44(38-12-4-1-5-13-38)53-27-8-3-9-28-53/h1,4-5,12-13,16-23,32-33,41-42,44H,2-3,6-11,14-15,24-31H2,(H,48,50)(H,49,51)/t41-,42-,44+/m0/s1. The lowest BCUT2D eigenvalue weighted by molar-refractivity contribution is -0.139. The molecule has 10 heteroatoms. The van der Waals surface area contributed by atoms with Crippen molar-refractivity contribution in [3.63, 3.8) is 0 Å². The molecule has 0 unspecified atom stereocenters. The molecule has 5 aromatic rings. The normalized spacial score (nSPS) is 21.3. The first kappa shape index (κ1) is 37.5. The summed E-state index contributed by atoms with van der Waals surface area (Å²) in [5.74, 6) is 2.19. The number of carbonyl (C=O) groups excluding carboxylic acids is 2. The summed E-state index contributed by atoms with van der Waals surface area (Å²) >= 11 is 0. The van der Waals surface area contributed by atoms with Crippen molar-refractivity contribution in [1.82, 2.24) is 39.5 Å². The van der Waals surface area contributed by atoms with E-state index in [9.17, 15) is 9.59 Å². The zero-order valence-corrected chi connectivity index (χ0v) is 33.1. The number of hydrogen-bond donors (Lipinski definition) is 2. The topological polar surface area (TPSA) is 104 Å². The molecule has 0 saturated carbocycles. The minimum atomic E-state index is -0.251. The third-order valence-corrected chi connectivity index (χ3v) is 12.9. The fourth-order valence-corrected chi connectivity index (χ4v) is 9.71. The summed E-state index contributed by atoms with van der Waals surface area (Å²) in [5.41, 5.74) is 7.43. The van der Waals surface area contributed by atoms with Gasteiger partial charge in [0, 0.05) is 26.1 Å². The highest BCUT2D eigenvalue weighted by Crippen LogP contribution is 2.37. The number of aromatic amines is 2. The number of carbonyl (C=O) groups is 2. The molecule has 4 aliphatic rings. The lowest BCUT2D eigenvalue weighted by atomic mass is 10.00. The van der Waals surface area contributed by atoms with E-state index < -0.39 is 0 Å². The van der Waals surface area contributed by atoms with E-state index in [2.05, 4.69) is 85.3 Å². The second-order valence-corrected chi connectivity index (χ2v) is 16.5. The van der Waals surface area contributed by atoms with E-state index in [1.165, 1.54) is 25.7 Å². The van der Waals surface area contributed by atoms with Crippen molar-refractivity contribution in [3.05, 3.63) is 108 Å². The highest BCUT2D eigenvalue weighted by Gasteiger charge is 2.39. The van der Waals surface area contributed by atoms with Crippen LogP contribution in [0.1, 0.15) is 106 Å². The number of aromatic nitrogens is 4. The molecule has 2 N–H and O–H groups in total. The van der Waals surface area contributed by atoms with Gasteiger partial charge in [-0.15, -0.1) is 0 Å². The van der Waals surface area contributed by atoms with E-state index >= 15 is 0 Å². The summed E-state index contributed by atoms with van der Waals surface area (Å²) in [4.78, 5) is 53.3. The quantitative estimate of drug-likeness (QED) is 0.140. The van der Waals surface area contributed by atoms with Gasteiger partial charge in [-0.3, -0.25) is 14.5 Å². The lowest BCUT2D eigenvalue weighted by Gasteiger charge is -2.37. The molecule has 3 atom stereocenters.